The normalized spacial score (nSPS) is 16.9. The standard InChI is InChI=1S/C17H29N3/c1-15(10-13-19(2)3)18-14-16-8-4-5-9-17(16)20-11-6-7-12-20/h4-5,8-9,15,18H,6-7,10-14H2,1-3H3. The number of hydrogen-bond donors (Lipinski definition) is 1. The SMILES string of the molecule is CC(CCN(C)C)NCc1ccccc1N1CCCC1. The van der Waals surface area contributed by atoms with E-state index in [1.54, 1.807) is 0 Å². The van der Waals surface area contributed by atoms with Gasteiger partial charge >= 0.3 is 0 Å². The zero-order valence-corrected chi connectivity index (χ0v) is 13.2. The number of rotatable bonds is 7. The van der Waals surface area contributed by atoms with Crippen molar-refractivity contribution in [3.63, 3.8) is 0 Å². The van der Waals surface area contributed by atoms with Crippen LogP contribution in [0.15, 0.2) is 24.3 Å². The Kier molecular flexibility index (Phi) is 5.86. The van der Waals surface area contributed by atoms with E-state index in [1.165, 1.54) is 43.6 Å². The van der Waals surface area contributed by atoms with Crippen molar-refractivity contribution in [1.82, 2.24) is 10.2 Å². The summed E-state index contributed by atoms with van der Waals surface area (Å²) in [6.45, 7) is 6.82. The second kappa shape index (κ2) is 7.65. The zero-order valence-electron chi connectivity index (χ0n) is 13.2. The molecule has 1 atom stereocenters. The predicted molar refractivity (Wildman–Crippen MR) is 87.4 cm³/mol. The molecule has 1 saturated heterocycles. The van der Waals surface area contributed by atoms with Gasteiger partial charge in [-0.2, -0.15) is 0 Å². The minimum atomic E-state index is 0.559. The highest BCUT2D eigenvalue weighted by Gasteiger charge is 2.15. The Bertz CT molecular complexity index is 397. The molecule has 1 aromatic carbocycles. The number of para-hydroxylation sites is 1. The van der Waals surface area contributed by atoms with Crippen molar-refractivity contribution in [1.29, 1.82) is 0 Å². The number of nitrogens with zero attached hydrogens (tertiary/aromatic N) is 2. The molecule has 1 unspecified atom stereocenters. The van der Waals surface area contributed by atoms with E-state index in [4.69, 9.17) is 0 Å². The van der Waals surface area contributed by atoms with Crippen molar-refractivity contribution in [2.45, 2.75) is 38.8 Å². The Morgan fingerprint density at radius 3 is 2.60 bits per heavy atom. The van der Waals surface area contributed by atoms with Gasteiger partial charge in [-0.05, 0) is 58.5 Å². The quantitative estimate of drug-likeness (QED) is 0.825. The maximum Gasteiger partial charge on any atom is 0.0411 e. The summed E-state index contributed by atoms with van der Waals surface area (Å²) >= 11 is 0. The second-order valence-electron chi connectivity index (χ2n) is 6.20. The van der Waals surface area contributed by atoms with Crippen LogP contribution in [-0.4, -0.2) is 44.7 Å². The largest absolute Gasteiger partial charge is 0.371 e. The molecule has 0 aliphatic carbocycles. The van der Waals surface area contributed by atoms with E-state index in [0.717, 1.165) is 13.1 Å². The summed E-state index contributed by atoms with van der Waals surface area (Å²) in [6.07, 6.45) is 3.86. The van der Waals surface area contributed by atoms with Crippen LogP contribution < -0.4 is 10.2 Å². The third-order valence-corrected chi connectivity index (χ3v) is 4.09. The van der Waals surface area contributed by atoms with Crippen molar-refractivity contribution in [2.24, 2.45) is 0 Å². The van der Waals surface area contributed by atoms with Gasteiger partial charge in [0.15, 0.2) is 0 Å². The molecule has 0 amide bonds. The van der Waals surface area contributed by atoms with Gasteiger partial charge in [0.25, 0.3) is 0 Å². The molecule has 1 aliphatic rings. The van der Waals surface area contributed by atoms with E-state index in [-0.39, 0.29) is 0 Å². The van der Waals surface area contributed by atoms with E-state index in [1.807, 2.05) is 0 Å². The van der Waals surface area contributed by atoms with Gasteiger partial charge in [0.05, 0.1) is 0 Å². The monoisotopic (exact) mass is 275 g/mol. The highest BCUT2D eigenvalue weighted by Crippen LogP contribution is 2.24. The van der Waals surface area contributed by atoms with Crippen molar-refractivity contribution in [3.05, 3.63) is 29.8 Å². The van der Waals surface area contributed by atoms with E-state index < -0.39 is 0 Å². The molecule has 1 N–H and O–H groups in total. The molecule has 2 rings (SSSR count). The van der Waals surface area contributed by atoms with Crippen LogP contribution in [-0.2, 0) is 6.54 Å². The van der Waals surface area contributed by atoms with Crippen molar-refractivity contribution >= 4 is 5.69 Å². The van der Waals surface area contributed by atoms with Gasteiger partial charge in [-0.25, -0.2) is 0 Å². The molecule has 0 bridgehead atoms. The minimum Gasteiger partial charge on any atom is -0.371 e. The third-order valence-electron chi connectivity index (χ3n) is 4.09. The maximum absolute atomic E-state index is 3.66. The zero-order chi connectivity index (χ0) is 14.4. The summed E-state index contributed by atoms with van der Waals surface area (Å²) in [6, 6.07) is 9.41. The van der Waals surface area contributed by atoms with Crippen LogP contribution in [0, 0.1) is 0 Å². The Balaban J connectivity index is 1.89. The second-order valence-corrected chi connectivity index (χ2v) is 6.20. The molecule has 112 valence electrons. The first kappa shape index (κ1) is 15.3. The van der Waals surface area contributed by atoms with E-state index in [2.05, 4.69) is 60.4 Å². The van der Waals surface area contributed by atoms with Gasteiger partial charge in [-0.15, -0.1) is 0 Å². The molecule has 0 spiro atoms. The van der Waals surface area contributed by atoms with Crippen LogP contribution >= 0.6 is 0 Å². The van der Waals surface area contributed by atoms with Crippen LogP contribution in [0.5, 0.6) is 0 Å². The average molecular weight is 275 g/mol. The molecule has 1 heterocycles. The molecule has 1 aromatic rings. The van der Waals surface area contributed by atoms with Gasteiger partial charge in [0.1, 0.15) is 0 Å². The van der Waals surface area contributed by atoms with Crippen LogP contribution in [0.1, 0.15) is 31.7 Å². The average Bonchev–Trinajstić information content (AvgIpc) is 2.97. The van der Waals surface area contributed by atoms with Gasteiger partial charge in [-0.3, -0.25) is 0 Å². The molecule has 3 heteroatoms. The fraction of sp³-hybridized carbons (Fsp3) is 0.647. The predicted octanol–water partition coefficient (Wildman–Crippen LogP) is 2.72. The summed E-state index contributed by atoms with van der Waals surface area (Å²) in [5.41, 5.74) is 2.86. The Morgan fingerprint density at radius 2 is 1.90 bits per heavy atom. The lowest BCUT2D eigenvalue weighted by Crippen LogP contribution is -2.30. The molecule has 20 heavy (non-hydrogen) atoms. The summed E-state index contributed by atoms with van der Waals surface area (Å²) in [4.78, 5) is 4.78. The lowest BCUT2D eigenvalue weighted by molar-refractivity contribution is 0.365. The summed E-state index contributed by atoms with van der Waals surface area (Å²) in [5.74, 6) is 0. The Hall–Kier alpha value is -1.06. The van der Waals surface area contributed by atoms with E-state index in [9.17, 15) is 0 Å². The lowest BCUT2D eigenvalue weighted by Gasteiger charge is -2.23. The number of nitrogens with one attached hydrogen (secondary N) is 1. The van der Waals surface area contributed by atoms with Gasteiger partial charge in [-0.1, -0.05) is 18.2 Å². The number of anilines is 1. The highest BCUT2D eigenvalue weighted by molar-refractivity contribution is 5.54. The maximum atomic E-state index is 3.66. The van der Waals surface area contributed by atoms with Crippen LogP contribution in [0.25, 0.3) is 0 Å². The van der Waals surface area contributed by atoms with Crippen molar-refractivity contribution in [3.8, 4) is 0 Å². The van der Waals surface area contributed by atoms with Crippen molar-refractivity contribution < 1.29 is 0 Å². The first-order valence-corrected chi connectivity index (χ1v) is 7.88. The topological polar surface area (TPSA) is 18.5 Å². The molecule has 0 aromatic heterocycles. The minimum absolute atomic E-state index is 0.559. The van der Waals surface area contributed by atoms with E-state index >= 15 is 0 Å². The molecule has 0 saturated carbocycles. The Labute approximate surface area is 124 Å². The highest BCUT2D eigenvalue weighted by atomic mass is 15.1. The van der Waals surface area contributed by atoms with E-state index in [0.29, 0.717) is 6.04 Å². The molecular formula is C17H29N3. The summed E-state index contributed by atoms with van der Waals surface area (Å²) < 4.78 is 0. The van der Waals surface area contributed by atoms with Gasteiger partial charge < -0.3 is 15.1 Å². The third kappa shape index (κ3) is 4.50. The van der Waals surface area contributed by atoms with Crippen LogP contribution in [0.2, 0.25) is 0 Å². The fourth-order valence-corrected chi connectivity index (χ4v) is 2.76. The smallest absolute Gasteiger partial charge is 0.0411 e. The molecular weight excluding hydrogens is 246 g/mol. The van der Waals surface area contributed by atoms with Gasteiger partial charge in [0.2, 0.25) is 0 Å². The first-order valence-electron chi connectivity index (χ1n) is 7.88. The van der Waals surface area contributed by atoms with Gasteiger partial charge in [0, 0.05) is 31.4 Å². The van der Waals surface area contributed by atoms with Crippen molar-refractivity contribution in [2.75, 3.05) is 38.6 Å². The molecule has 1 fully saturated rings. The Morgan fingerprint density at radius 1 is 1.20 bits per heavy atom. The summed E-state index contributed by atoms with van der Waals surface area (Å²) in [7, 11) is 4.27. The number of hydrogen-bond acceptors (Lipinski definition) is 3. The summed E-state index contributed by atoms with van der Waals surface area (Å²) in [5, 5.41) is 3.66. The fourth-order valence-electron chi connectivity index (χ4n) is 2.76. The van der Waals surface area contributed by atoms with Crippen LogP contribution in [0.4, 0.5) is 5.69 Å². The first-order chi connectivity index (χ1) is 9.66. The lowest BCUT2D eigenvalue weighted by atomic mass is 10.1. The molecule has 3 nitrogen and oxygen atoms in total. The van der Waals surface area contributed by atoms with Crippen LogP contribution in [0.3, 0.4) is 0 Å². The number of benzene rings is 1. The molecule has 0 radical (unpaired) electrons. The molecule has 1 aliphatic heterocycles.